The normalized spacial score (nSPS) is 12.5. The van der Waals surface area contributed by atoms with E-state index in [-0.39, 0.29) is 11.9 Å². The van der Waals surface area contributed by atoms with Crippen LogP contribution in [-0.2, 0) is 0 Å². The quantitative estimate of drug-likeness (QED) is 0.854. The Kier molecular flexibility index (Phi) is 4.79. The van der Waals surface area contributed by atoms with Gasteiger partial charge in [0.1, 0.15) is 5.82 Å². The van der Waals surface area contributed by atoms with Crippen LogP contribution in [0.2, 0.25) is 0 Å². The van der Waals surface area contributed by atoms with Crippen LogP contribution < -0.4 is 5.32 Å². The summed E-state index contributed by atoms with van der Waals surface area (Å²) in [5.74, 6) is -0.102. The maximum Gasteiger partial charge on any atom is 0.129 e. The molecule has 0 radical (unpaired) electrons. The predicted octanol–water partition coefficient (Wildman–Crippen LogP) is 4.76. The number of aryl methyl sites for hydroxylation is 3. The molecule has 0 saturated heterocycles. The molecule has 0 fully saturated rings. The van der Waals surface area contributed by atoms with Crippen molar-refractivity contribution in [3.63, 3.8) is 0 Å². The third kappa shape index (κ3) is 3.16. The SMILES string of the molecule is CCNC(c1cc(C)c(F)c(C)c1)c1cccc(C)c1C. The second-order valence-corrected chi connectivity index (χ2v) is 5.75. The van der Waals surface area contributed by atoms with Crippen molar-refractivity contribution in [1.29, 1.82) is 0 Å². The first-order valence-corrected chi connectivity index (χ1v) is 7.51. The summed E-state index contributed by atoms with van der Waals surface area (Å²) in [5.41, 5.74) is 6.38. The zero-order chi connectivity index (χ0) is 15.6. The molecule has 1 unspecified atom stereocenters. The van der Waals surface area contributed by atoms with Gasteiger partial charge in [-0.05, 0) is 67.6 Å². The maximum atomic E-state index is 13.9. The van der Waals surface area contributed by atoms with Gasteiger partial charge in [0.25, 0.3) is 0 Å². The molecular weight excluding hydrogens is 261 g/mol. The van der Waals surface area contributed by atoms with Gasteiger partial charge >= 0.3 is 0 Å². The molecule has 21 heavy (non-hydrogen) atoms. The number of hydrogen-bond acceptors (Lipinski definition) is 1. The van der Waals surface area contributed by atoms with Crippen LogP contribution in [0.5, 0.6) is 0 Å². The first kappa shape index (κ1) is 15.7. The first-order valence-electron chi connectivity index (χ1n) is 7.51. The number of rotatable bonds is 4. The van der Waals surface area contributed by atoms with Crippen LogP contribution in [0, 0.1) is 33.5 Å². The Morgan fingerprint density at radius 3 is 2.19 bits per heavy atom. The van der Waals surface area contributed by atoms with Gasteiger partial charge < -0.3 is 5.32 Å². The molecule has 1 nitrogen and oxygen atoms in total. The molecule has 0 aliphatic heterocycles. The van der Waals surface area contributed by atoms with E-state index in [4.69, 9.17) is 0 Å². The van der Waals surface area contributed by atoms with Crippen molar-refractivity contribution >= 4 is 0 Å². The van der Waals surface area contributed by atoms with Gasteiger partial charge in [-0.3, -0.25) is 0 Å². The largest absolute Gasteiger partial charge is 0.307 e. The van der Waals surface area contributed by atoms with Crippen LogP contribution in [0.1, 0.15) is 46.3 Å². The minimum absolute atomic E-state index is 0.102. The molecule has 0 heterocycles. The zero-order valence-corrected chi connectivity index (χ0v) is 13.5. The fraction of sp³-hybridized carbons (Fsp3) is 0.368. The molecule has 1 atom stereocenters. The minimum Gasteiger partial charge on any atom is -0.307 e. The summed E-state index contributed by atoms with van der Waals surface area (Å²) in [6, 6.07) is 10.4. The van der Waals surface area contributed by atoms with E-state index in [1.165, 1.54) is 16.7 Å². The van der Waals surface area contributed by atoms with Crippen LogP contribution in [-0.4, -0.2) is 6.54 Å². The lowest BCUT2D eigenvalue weighted by Gasteiger charge is -2.23. The molecule has 0 amide bonds. The van der Waals surface area contributed by atoms with Crippen LogP contribution >= 0.6 is 0 Å². The standard InChI is InChI=1S/C19H24FN/c1-6-21-19(17-9-7-8-12(2)15(17)5)16-10-13(3)18(20)14(4)11-16/h7-11,19,21H,6H2,1-5H3. The lowest BCUT2D eigenvalue weighted by atomic mass is 9.91. The molecule has 1 N–H and O–H groups in total. The molecule has 0 saturated carbocycles. The van der Waals surface area contributed by atoms with E-state index >= 15 is 0 Å². The van der Waals surface area contributed by atoms with Gasteiger partial charge in [0, 0.05) is 0 Å². The van der Waals surface area contributed by atoms with Crippen molar-refractivity contribution in [2.75, 3.05) is 6.54 Å². The molecule has 2 aromatic carbocycles. The summed E-state index contributed by atoms with van der Waals surface area (Å²) in [6.07, 6.45) is 0. The van der Waals surface area contributed by atoms with E-state index in [9.17, 15) is 4.39 Å². The molecule has 0 spiro atoms. The fourth-order valence-electron chi connectivity index (χ4n) is 2.84. The summed E-state index contributed by atoms with van der Waals surface area (Å²) < 4.78 is 13.9. The van der Waals surface area contributed by atoms with E-state index in [1.54, 1.807) is 0 Å². The third-order valence-electron chi connectivity index (χ3n) is 4.16. The van der Waals surface area contributed by atoms with E-state index in [0.29, 0.717) is 11.1 Å². The smallest absolute Gasteiger partial charge is 0.129 e. The highest BCUT2D eigenvalue weighted by atomic mass is 19.1. The number of nitrogens with one attached hydrogen (secondary N) is 1. The van der Waals surface area contributed by atoms with Gasteiger partial charge in [-0.1, -0.05) is 37.3 Å². The molecule has 2 aromatic rings. The highest BCUT2D eigenvalue weighted by molar-refractivity contribution is 5.43. The van der Waals surface area contributed by atoms with Crippen molar-refractivity contribution in [1.82, 2.24) is 5.32 Å². The van der Waals surface area contributed by atoms with Gasteiger partial charge in [0.2, 0.25) is 0 Å². The Morgan fingerprint density at radius 2 is 1.62 bits per heavy atom. The Hall–Kier alpha value is -1.67. The average molecular weight is 285 g/mol. The Morgan fingerprint density at radius 1 is 1.00 bits per heavy atom. The second-order valence-electron chi connectivity index (χ2n) is 5.75. The molecule has 112 valence electrons. The highest BCUT2D eigenvalue weighted by Gasteiger charge is 2.17. The summed E-state index contributed by atoms with van der Waals surface area (Å²) in [5, 5.41) is 3.53. The van der Waals surface area contributed by atoms with Crippen molar-refractivity contribution < 1.29 is 4.39 Å². The van der Waals surface area contributed by atoms with Gasteiger partial charge in [-0.25, -0.2) is 4.39 Å². The molecular formula is C19H24FN. The van der Waals surface area contributed by atoms with Crippen LogP contribution in [0.4, 0.5) is 4.39 Å². The lowest BCUT2D eigenvalue weighted by Crippen LogP contribution is -2.23. The first-order chi connectivity index (χ1) is 9.95. The van der Waals surface area contributed by atoms with Crippen LogP contribution in [0.25, 0.3) is 0 Å². The summed E-state index contributed by atoms with van der Waals surface area (Å²) >= 11 is 0. The average Bonchev–Trinajstić information content (AvgIpc) is 2.45. The van der Waals surface area contributed by atoms with E-state index in [1.807, 2.05) is 26.0 Å². The molecule has 0 aliphatic rings. The number of halogens is 1. The van der Waals surface area contributed by atoms with E-state index < -0.39 is 0 Å². The minimum atomic E-state index is -0.102. The number of benzene rings is 2. The second kappa shape index (κ2) is 6.40. The Balaban J connectivity index is 2.56. The molecule has 2 rings (SSSR count). The zero-order valence-electron chi connectivity index (χ0n) is 13.5. The van der Waals surface area contributed by atoms with Crippen molar-refractivity contribution in [3.8, 4) is 0 Å². The van der Waals surface area contributed by atoms with E-state index in [2.05, 4.69) is 44.3 Å². The lowest BCUT2D eigenvalue weighted by molar-refractivity contribution is 0.597. The topological polar surface area (TPSA) is 12.0 Å². The van der Waals surface area contributed by atoms with Gasteiger partial charge in [-0.15, -0.1) is 0 Å². The molecule has 0 bridgehead atoms. The molecule has 2 heteroatoms. The molecule has 0 aromatic heterocycles. The van der Waals surface area contributed by atoms with Crippen molar-refractivity contribution in [2.24, 2.45) is 0 Å². The third-order valence-corrected chi connectivity index (χ3v) is 4.16. The van der Waals surface area contributed by atoms with Gasteiger partial charge in [0.15, 0.2) is 0 Å². The monoisotopic (exact) mass is 285 g/mol. The predicted molar refractivity (Wildman–Crippen MR) is 87.3 cm³/mol. The van der Waals surface area contributed by atoms with Gasteiger partial charge in [0.05, 0.1) is 6.04 Å². The Labute approximate surface area is 127 Å². The summed E-state index contributed by atoms with van der Waals surface area (Å²) in [6.45, 7) is 10.9. The van der Waals surface area contributed by atoms with E-state index in [0.717, 1.165) is 12.1 Å². The van der Waals surface area contributed by atoms with Crippen molar-refractivity contribution in [2.45, 2.75) is 40.7 Å². The molecule has 0 aliphatic carbocycles. The van der Waals surface area contributed by atoms with Crippen LogP contribution in [0.3, 0.4) is 0 Å². The summed E-state index contributed by atoms with van der Waals surface area (Å²) in [7, 11) is 0. The maximum absolute atomic E-state index is 13.9. The Bertz CT molecular complexity index is 623. The highest BCUT2D eigenvalue weighted by Crippen LogP contribution is 2.28. The van der Waals surface area contributed by atoms with Gasteiger partial charge in [-0.2, -0.15) is 0 Å². The summed E-state index contributed by atoms with van der Waals surface area (Å²) in [4.78, 5) is 0. The van der Waals surface area contributed by atoms with Crippen molar-refractivity contribution in [3.05, 3.63) is 69.5 Å². The number of hydrogen-bond donors (Lipinski definition) is 1. The fourth-order valence-corrected chi connectivity index (χ4v) is 2.84. The van der Waals surface area contributed by atoms with Crippen LogP contribution in [0.15, 0.2) is 30.3 Å².